The quantitative estimate of drug-likeness (QED) is 0.836. The van der Waals surface area contributed by atoms with Gasteiger partial charge in [0, 0.05) is 6.54 Å². The summed E-state index contributed by atoms with van der Waals surface area (Å²) in [4.78, 5) is 23.1. The first-order valence-electron chi connectivity index (χ1n) is 7.01. The third-order valence-corrected chi connectivity index (χ3v) is 4.22. The lowest BCUT2D eigenvalue weighted by atomic mass is 10.1. The molecule has 1 aromatic carbocycles. The maximum atomic E-state index is 12.0. The molecular weight excluding hydrogens is 270 g/mol. The minimum absolute atomic E-state index is 0.171. The third kappa shape index (κ3) is 3.17. The summed E-state index contributed by atoms with van der Waals surface area (Å²) in [5.74, 6) is -1.29. The van der Waals surface area contributed by atoms with Gasteiger partial charge in [-0.05, 0) is 29.5 Å². The van der Waals surface area contributed by atoms with Crippen LogP contribution in [0, 0.1) is 17.3 Å². The van der Waals surface area contributed by atoms with Crippen LogP contribution in [0.5, 0.6) is 5.75 Å². The molecule has 2 N–H and O–H groups in total. The monoisotopic (exact) mass is 291 g/mol. The van der Waals surface area contributed by atoms with Crippen molar-refractivity contribution in [2.24, 2.45) is 17.3 Å². The van der Waals surface area contributed by atoms with E-state index in [0.717, 1.165) is 11.3 Å². The summed E-state index contributed by atoms with van der Waals surface area (Å²) in [5, 5.41) is 11.9. The minimum atomic E-state index is -0.895. The van der Waals surface area contributed by atoms with Crippen LogP contribution in [0.4, 0.5) is 0 Å². The second-order valence-electron chi connectivity index (χ2n) is 6.01. The van der Waals surface area contributed by atoms with Gasteiger partial charge in [-0.2, -0.15) is 0 Å². The molecule has 5 heteroatoms. The highest BCUT2D eigenvalue weighted by atomic mass is 16.5. The lowest BCUT2D eigenvalue weighted by molar-refractivity contribution is -0.140. The number of rotatable bonds is 6. The van der Waals surface area contributed by atoms with E-state index < -0.39 is 23.2 Å². The maximum Gasteiger partial charge on any atom is 0.307 e. The van der Waals surface area contributed by atoms with Gasteiger partial charge in [-0.3, -0.25) is 9.59 Å². The van der Waals surface area contributed by atoms with E-state index in [4.69, 9.17) is 9.84 Å². The van der Waals surface area contributed by atoms with Crippen molar-refractivity contribution in [1.29, 1.82) is 0 Å². The molecule has 1 saturated carbocycles. The smallest absolute Gasteiger partial charge is 0.307 e. The number of ether oxygens (including phenoxy) is 1. The number of nitrogens with one attached hydrogen (secondary N) is 1. The second kappa shape index (κ2) is 5.76. The fraction of sp³-hybridized carbons (Fsp3) is 0.500. The van der Waals surface area contributed by atoms with Gasteiger partial charge in [0.05, 0.1) is 18.9 Å². The molecule has 0 saturated heterocycles. The Morgan fingerprint density at radius 3 is 2.62 bits per heavy atom. The van der Waals surface area contributed by atoms with Gasteiger partial charge in [0.2, 0.25) is 5.91 Å². The van der Waals surface area contributed by atoms with Crippen molar-refractivity contribution in [3.63, 3.8) is 0 Å². The predicted molar refractivity (Wildman–Crippen MR) is 78.1 cm³/mol. The summed E-state index contributed by atoms with van der Waals surface area (Å²) in [7, 11) is 1.61. The molecule has 2 unspecified atom stereocenters. The number of amides is 1. The van der Waals surface area contributed by atoms with Gasteiger partial charge < -0.3 is 15.2 Å². The van der Waals surface area contributed by atoms with E-state index in [1.54, 1.807) is 7.11 Å². The standard InChI is InChI=1S/C16H21NO4/c1-16(2)12(13(16)15(19)20)14(18)17-8-7-10-5-4-6-11(9-10)21-3/h4-6,9,12-13H,7-8H2,1-3H3,(H,17,18)(H,19,20). The zero-order valence-corrected chi connectivity index (χ0v) is 12.6. The summed E-state index contributed by atoms with van der Waals surface area (Å²) in [6, 6.07) is 7.66. The van der Waals surface area contributed by atoms with E-state index in [1.165, 1.54) is 0 Å². The highest BCUT2D eigenvalue weighted by Crippen LogP contribution is 2.58. The maximum absolute atomic E-state index is 12.0. The highest BCUT2D eigenvalue weighted by Gasteiger charge is 2.65. The van der Waals surface area contributed by atoms with Crippen molar-refractivity contribution in [2.75, 3.05) is 13.7 Å². The van der Waals surface area contributed by atoms with Crippen LogP contribution < -0.4 is 10.1 Å². The summed E-state index contributed by atoms with van der Waals surface area (Å²) in [5.41, 5.74) is 0.616. The molecule has 0 aliphatic heterocycles. The summed E-state index contributed by atoms with van der Waals surface area (Å²) >= 11 is 0. The molecule has 0 spiro atoms. The van der Waals surface area contributed by atoms with Gasteiger partial charge in [0.15, 0.2) is 0 Å². The Labute approximate surface area is 124 Å². The Bertz CT molecular complexity index is 553. The van der Waals surface area contributed by atoms with Crippen LogP contribution in [0.1, 0.15) is 19.4 Å². The SMILES string of the molecule is COc1cccc(CCNC(=O)C2C(C(=O)O)C2(C)C)c1. The first-order chi connectivity index (χ1) is 9.87. The molecule has 1 aromatic rings. The summed E-state index contributed by atoms with van der Waals surface area (Å²) in [6.45, 7) is 4.13. The molecule has 2 atom stereocenters. The molecule has 0 aromatic heterocycles. The first-order valence-corrected chi connectivity index (χ1v) is 7.01. The summed E-state index contributed by atoms with van der Waals surface area (Å²) in [6.07, 6.45) is 0.688. The average Bonchev–Trinajstić information content (AvgIpc) is 3.02. The number of carboxylic acids is 1. The number of hydrogen-bond acceptors (Lipinski definition) is 3. The van der Waals surface area contributed by atoms with Crippen LogP contribution in [0.15, 0.2) is 24.3 Å². The molecule has 1 fully saturated rings. The third-order valence-electron chi connectivity index (χ3n) is 4.22. The molecule has 5 nitrogen and oxygen atoms in total. The van der Waals surface area contributed by atoms with Crippen LogP contribution >= 0.6 is 0 Å². The molecule has 0 heterocycles. The van der Waals surface area contributed by atoms with Gasteiger partial charge in [-0.1, -0.05) is 26.0 Å². The van der Waals surface area contributed by atoms with Gasteiger partial charge in [-0.25, -0.2) is 0 Å². The van der Waals surface area contributed by atoms with Crippen molar-refractivity contribution in [1.82, 2.24) is 5.32 Å². The fourth-order valence-corrected chi connectivity index (χ4v) is 2.86. The van der Waals surface area contributed by atoms with Crippen LogP contribution in [-0.2, 0) is 16.0 Å². The normalized spacial score (nSPS) is 22.4. The van der Waals surface area contributed by atoms with Crippen LogP contribution in [0.2, 0.25) is 0 Å². The van der Waals surface area contributed by atoms with Crippen molar-refractivity contribution < 1.29 is 19.4 Å². The average molecular weight is 291 g/mol. The number of methoxy groups -OCH3 is 1. The number of benzene rings is 1. The number of carboxylic acid groups (broad SMARTS) is 1. The van der Waals surface area contributed by atoms with E-state index in [-0.39, 0.29) is 5.91 Å². The number of aliphatic carboxylic acids is 1. The first kappa shape index (κ1) is 15.4. The van der Waals surface area contributed by atoms with Crippen molar-refractivity contribution in [3.05, 3.63) is 29.8 Å². The number of hydrogen-bond donors (Lipinski definition) is 2. The van der Waals surface area contributed by atoms with Crippen molar-refractivity contribution in [3.8, 4) is 5.75 Å². The van der Waals surface area contributed by atoms with Crippen molar-refractivity contribution >= 4 is 11.9 Å². The van der Waals surface area contributed by atoms with Gasteiger partial charge >= 0.3 is 5.97 Å². The fourth-order valence-electron chi connectivity index (χ4n) is 2.86. The molecule has 1 aliphatic carbocycles. The Morgan fingerprint density at radius 2 is 2.05 bits per heavy atom. The molecule has 2 rings (SSSR count). The Morgan fingerprint density at radius 1 is 1.33 bits per heavy atom. The zero-order chi connectivity index (χ0) is 15.6. The van der Waals surface area contributed by atoms with Gasteiger partial charge in [-0.15, -0.1) is 0 Å². The molecule has 1 amide bonds. The number of carbonyl (C=O) groups is 2. The van der Waals surface area contributed by atoms with E-state index in [0.29, 0.717) is 13.0 Å². The van der Waals surface area contributed by atoms with Crippen LogP contribution in [0.25, 0.3) is 0 Å². The predicted octanol–water partition coefficient (Wildman–Crippen LogP) is 1.71. The highest BCUT2D eigenvalue weighted by molar-refractivity contribution is 5.91. The van der Waals surface area contributed by atoms with E-state index in [9.17, 15) is 9.59 Å². The Balaban J connectivity index is 1.84. The number of carbonyl (C=O) groups excluding carboxylic acids is 1. The topological polar surface area (TPSA) is 75.6 Å². The molecule has 1 aliphatic rings. The summed E-state index contributed by atoms with van der Waals surface area (Å²) < 4.78 is 5.15. The Hall–Kier alpha value is -2.04. The van der Waals surface area contributed by atoms with Gasteiger partial charge in [0.1, 0.15) is 5.75 Å². The van der Waals surface area contributed by atoms with E-state index in [2.05, 4.69) is 5.32 Å². The molecule has 21 heavy (non-hydrogen) atoms. The molecule has 0 bridgehead atoms. The van der Waals surface area contributed by atoms with E-state index in [1.807, 2.05) is 38.1 Å². The lowest BCUT2D eigenvalue weighted by Crippen LogP contribution is -2.29. The Kier molecular flexibility index (Phi) is 4.21. The molecular formula is C16H21NO4. The molecule has 0 radical (unpaired) electrons. The van der Waals surface area contributed by atoms with Crippen LogP contribution in [-0.4, -0.2) is 30.6 Å². The van der Waals surface area contributed by atoms with Gasteiger partial charge in [0.25, 0.3) is 0 Å². The zero-order valence-electron chi connectivity index (χ0n) is 12.6. The lowest BCUT2D eigenvalue weighted by Gasteiger charge is -2.07. The largest absolute Gasteiger partial charge is 0.497 e. The van der Waals surface area contributed by atoms with Crippen LogP contribution in [0.3, 0.4) is 0 Å². The molecule has 114 valence electrons. The minimum Gasteiger partial charge on any atom is -0.497 e. The van der Waals surface area contributed by atoms with E-state index >= 15 is 0 Å². The second-order valence-corrected chi connectivity index (χ2v) is 6.01. The van der Waals surface area contributed by atoms with Crippen molar-refractivity contribution in [2.45, 2.75) is 20.3 Å².